The van der Waals surface area contributed by atoms with Gasteiger partial charge in [0.25, 0.3) is 0 Å². The molecule has 0 aromatic heterocycles. The maximum Gasteiger partial charge on any atom is 0.336 e. The lowest BCUT2D eigenvalue weighted by molar-refractivity contribution is -0.162. The normalized spacial score (nSPS) is 30.0. The number of methoxy groups -OCH3 is 1. The van der Waals surface area contributed by atoms with Crippen molar-refractivity contribution >= 4 is 11.9 Å². The van der Waals surface area contributed by atoms with Crippen molar-refractivity contribution in [2.75, 3.05) is 20.3 Å². The lowest BCUT2D eigenvalue weighted by atomic mass is 9.58. The molecule has 0 heterocycles. The Morgan fingerprint density at radius 1 is 1.24 bits per heavy atom. The molecule has 0 saturated heterocycles. The molecule has 162 valence electrons. The highest BCUT2D eigenvalue weighted by atomic mass is 16.5. The Morgan fingerprint density at radius 3 is 2.28 bits per heavy atom. The molecule has 0 spiro atoms. The van der Waals surface area contributed by atoms with Crippen LogP contribution in [0.25, 0.3) is 0 Å². The summed E-state index contributed by atoms with van der Waals surface area (Å²) in [5, 5.41) is 39.3. The molecule has 29 heavy (non-hydrogen) atoms. The van der Waals surface area contributed by atoms with Crippen LogP contribution >= 0.6 is 0 Å². The standard InChI is InChI=1S/C21H30O8/c1-7-21(5)8-15(29-20(27)12(3)14(24)10-23)16(13(4)19(26)28-6)18(25)17(21)11(2)9-22/h7,14-18,22-25H,1-4,8-10H2,5-6H3/t14-,15+,16+,17-,18-,21-/m1/s1. The van der Waals surface area contributed by atoms with Gasteiger partial charge in [0, 0.05) is 11.5 Å². The summed E-state index contributed by atoms with van der Waals surface area (Å²) in [6, 6.07) is 0. The molecular weight excluding hydrogens is 380 g/mol. The molecule has 0 aromatic carbocycles. The molecule has 1 rings (SSSR count). The summed E-state index contributed by atoms with van der Waals surface area (Å²) in [5.74, 6) is -3.54. The van der Waals surface area contributed by atoms with Crippen molar-refractivity contribution in [1.82, 2.24) is 0 Å². The number of aliphatic hydroxyl groups excluding tert-OH is 4. The first-order valence-corrected chi connectivity index (χ1v) is 9.05. The molecule has 0 unspecified atom stereocenters. The van der Waals surface area contributed by atoms with Crippen LogP contribution in [0.4, 0.5) is 0 Å². The molecule has 8 nitrogen and oxygen atoms in total. The van der Waals surface area contributed by atoms with Crippen molar-refractivity contribution in [3.05, 3.63) is 49.1 Å². The molecule has 1 aliphatic rings. The third kappa shape index (κ3) is 5.02. The molecule has 8 heteroatoms. The molecule has 0 aromatic rings. The van der Waals surface area contributed by atoms with Crippen molar-refractivity contribution < 1.29 is 39.5 Å². The average molecular weight is 410 g/mol. The van der Waals surface area contributed by atoms with Crippen LogP contribution in [0, 0.1) is 17.3 Å². The minimum absolute atomic E-state index is 0.117. The van der Waals surface area contributed by atoms with Gasteiger partial charge >= 0.3 is 11.9 Å². The maximum atomic E-state index is 12.4. The van der Waals surface area contributed by atoms with E-state index in [0.29, 0.717) is 5.57 Å². The largest absolute Gasteiger partial charge is 0.466 e. The lowest BCUT2D eigenvalue weighted by Crippen LogP contribution is -2.54. The number of hydrogen-bond donors (Lipinski definition) is 4. The number of esters is 2. The van der Waals surface area contributed by atoms with E-state index in [1.54, 1.807) is 13.0 Å². The Hall–Kier alpha value is -2.26. The van der Waals surface area contributed by atoms with E-state index < -0.39 is 60.7 Å². The van der Waals surface area contributed by atoms with Gasteiger partial charge in [0.15, 0.2) is 0 Å². The van der Waals surface area contributed by atoms with E-state index in [4.69, 9.17) is 14.6 Å². The second kappa shape index (κ2) is 9.98. The number of carbonyl (C=O) groups is 2. The van der Waals surface area contributed by atoms with Crippen LogP contribution in [0.3, 0.4) is 0 Å². The molecule has 0 amide bonds. The van der Waals surface area contributed by atoms with E-state index in [2.05, 4.69) is 26.3 Å². The minimum Gasteiger partial charge on any atom is -0.466 e. The highest BCUT2D eigenvalue weighted by molar-refractivity contribution is 5.90. The van der Waals surface area contributed by atoms with Crippen LogP contribution in [0.5, 0.6) is 0 Å². The van der Waals surface area contributed by atoms with Crippen molar-refractivity contribution in [2.24, 2.45) is 17.3 Å². The highest BCUT2D eigenvalue weighted by Crippen LogP contribution is 2.50. The Balaban J connectivity index is 3.38. The molecule has 0 aliphatic heterocycles. The van der Waals surface area contributed by atoms with Gasteiger partial charge in [0.1, 0.15) is 12.2 Å². The van der Waals surface area contributed by atoms with Crippen molar-refractivity contribution in [1.29, 1.82) is 0 Å². The first kappa shape index (κ1) is 24.8. The number of rotatable bonds is 9. The Kier molecular flexibility index (Phi) is 8.52. The van der Waals surface area contributed by atoms with E-state index in [-0.39, 0.29) is 17.6 Å². The number of hydrogen-bond acceptors (Lipinski definition) is 8. The van der Waals surface area contributed by atoms with Gasteiger partial charge in [0.05, 0.1) is 37.9 Å². The fourth-order valence-corrected chi connectivity index (χ4v) is 3.79. The Bertz CT molecular complexity index is 697. The van der Waals surface area contributed by atoms with E-state index in [1.807, 2.05) is 0 Å². The third-order valence-corrected chi connectivity index (χ3v) is 5.52. The smallest absolute Gasteiger partial charge is 0.336 e. The summed E-state index contributed by atoms with van der Waals surface area (Å²) in [6.45, 7) is 15.3. The van der Waals surface area contributed by atoms with Gasteiger partial charge in [0.2, 0.25) is 0 Å². The van der Waals surface area contributed by atoms with Crippen LogP contribution in [0.2, 0.25) is 0 Å². The minimum atomic E-state index is -1.51. The van der Waals surface area contributed by atoms with Crippen LogP contribution in [-0.2, 0) is 19.1 Å². The highest BCUT2D eigenvalue weighted by Gasteiger charge is 2.53. The fourth-order valence-electron chi connectivity index (χ4n) is 3.79. The zero-order chi connectivity index (χ0) is 22.5. The van der Waals surface area contributed by atoms with E-state index >= 15 is 0 Å². The number of carbonyl (C=O) groups excluding carboxylic acids is 2. The second-order valence-electron chi connectivity index (χ2n) is 7.41. The van der Waals surface area contributed by atoms with Gasteiger partial charge in [-0.3, -0.25) is 0 Å². The van der Waals surface area contributed by atoms with Crippen LogP contribution in [0.15, 0.2) is 49.1 Å². The van der Waals surface area contributed by atoms with Gasteiger partial charge in [-0.25, -0.2) is 9.59 Å². The Labute approximate surface area is 170 Å². The average Bonchev–Trinajstić information content (AvgIpc) is 2.70. The summed E-state index contributed by atoms with van der Waals surface area (Å²) < 4.78 is 10.2. The first-order chi connectivity index (χ1) is 13.5. The van der Waals surface area contributed by atoms with E-state index in [0.717, 1.165) is 7.11 Å². The molecular formula is C21H30O8. The van der Waals surface area contributed by atoms with Gasteiger partial charge < -0.3 is 29.9 Å². The van der Waals surface area contributed by atoms with Gasteiger partial charge in [-0.1, -0.05) is 32.7 Å². The van der Waals surface area contributed by atoms with Crippen molar-refractivity contribution in [2.45, 2.75) is 31.7 Å². The molecule has 1 saturated carbocycles. The van der Waals surface area contributed by atoms with Gasteiger partial charge in [-0.2, -0.15) is 0 Å². The summed E-state index contributed by atoms with van der Waals surface area (Å²) in [4.78, 5) is 24.5. The zero-order valence-corrected chi connectivity index (χ0v) is 16.8. The SMILES string of the molecule is C=C[C@]1(C)C[C@H](OC(=O)C(=C)[C@H](O)CO)[C@H](C(=C)C(=O)OC)[C@@H](O)[C@H]1C(=C)CO. The zero-order valence-electron chi connectivity index (χ0n) is 16.8. The Morgan fingerprint density at radius 2 is 1.83 bits per heavy atom. The molecule has 1 aliphatic carbocycles. The monoisotopic (exact) mass is 410 g/mol. The summed E-state index contributed by atoms with van der Waals surface area (Å²) in [7, 11) is 1.15. The number of ether oxygens (including phenoxy) is 2. The first-order valence-electron chi connectivity index (χ1n) is 9.05. The molecule has 4 N–H and O–H groups in total. The summed E-state index contributed by atoms with van der Waals surface area (Å²) in [6.07, 6.45) is -2.17. The number of allylic oxidation sites excluding steroid dienone is 1. The van der Waals surface area contributed by atoms with E-state index in [9.17, 15) is 24.9 Å². The third-order valence-electron chi connectivity index (χ3n) is 5.52. The van der Waals surface area contributed by atoms with Crippen molar-refractivity contribution in [3.8, 4) is 0 Å². The molecule has 0 radical (unpaired) electrons. The van der Waals surface area contributed by atoms with Crippen LogP contribution in [-0.4, -0.2) is 71.0 Å². The number of aliphatic hydroxyl groups is 4. The van der Waals surface area contributed by atoms with Crippen LogP contribution < -0.4 is 0 Å². The molecule has 1 fully saturated rings. The second-order valence-corrected chi connectivity index (χ2v) is 7.41. The topological polar surface area (TPSA) is 134 Å². The quantitative estimate of drug-likeness (QED) is 0.242. The van der Waals surface area contributed by atoms with Gasteiger partial charge in [-0.05, 0) is 17.4 Å². The van der Waals surface area contributed by atoms with E-state index in [1.165, 1.54) is 0 Å². The molecule has 6 atom stereocenters. The van der Waals surface area contributed by atoms with Crippen LogP contribution in [0.1, 0.15) is 13.3 Å². The lowest BCUT2D eigenvalue weighted by Gasteiger charge is -2.50. The van der Waals surface area contributed by atoms with Crippen molar-refractivity contribution in [3.63, 3.8) is 0 Å². The summed E-state index contributed by atoms with van der Waals surface area (Å²) in [5.41, 5.74) is -0.999. The molecule has 0 bridgehead atoms. The predicted octanol–water partition coefficient (Wildman–Crippen LogP) is 0.275. The fraction of sp³-hybridized carbons (Fsp3) is 0.524. The van der Waals surface area contributed by atoms with Gasteiger partial charge in [-0.15, -0.1) is 6.58 Å². The predicted molar refractivity (Wildman–Crippen MR) is 105 cm³/mol. The maximum absolute atomic E-state index is 12.4. The summed E-state index contributed by atoms with van der Waals surface area (Å²) >= 11 is 0.